The lowest BCUT2D eigenvalue weighted by atomic mass is 10.0. The van der Waals surface area contributed by atoms with Crippen LogP contribution in [0.4, 0.5) is 0 Å². The van der Waals surface area contributed by atoms with Gasteiger partial charge in [-0.1, -0.05) is 0 Å². The molecule has 0 unspecified atom stereocenters. The van der Waals surface area contributed by atoms with Crippen molar-refractivity contribution in [2.24, 2.45) is 0 Å². The fourth-order valence-electron chi connectivity index (χ4n) is 1.50. The van der Waals surface area contributed by atoms with Gasteiger partial charge in [0, 0.05) is 17.6 Å². The molecule has 0 aliphatic carbocycles. The van der Waals surface area contributed by atoms with Crippen molar-refractivity contribution in [2.75, 3.05) is 20.6 Å². The molecule has 0 aromatic carbocycles. The van der Waals surface area contributed by atoms with Gasteiger partial charge in [-0.3, -0.25) is 0 Å². The summed E-state index contributed by atoms with van der Waals surface area (Å²) in [6.45, 7) is 7.33. The third kappa shape index (κ3) is 3.58. The van der Waals surface area contributed by atoms with Gasteiger partial charge in [0.25, 0.3) is 0 Å². The van der Waals surface area contributed by atoms with Gasteiger partial charge in [0.1, 0.15) is 5.76 Å². The SMILES string of the molecule is Cc1cc(CNCC(C)(C)N(C)C)oc1C(=O)O. The summed E-state index contributed by atoms with van der Waals surface area (Å²) in [6, 6.07) is 1.76. The number of carbonyl (C=O) groups is 1. The third-order valence-electron chi connectivity index (χ3n) is 3.23. The molecule has 1 aromatic rings. The summed E-state index contributed by atoms with van der Waals surface area (Å²) in [7, 11) is 4.06. The number of aromatic carboxylic acids is 1. The largest absolute Gasteiger partial charge is 0.475 e. The number of hydrogen-bond donors (Lipinski definition) is 2. The molecule has 2 N–H and O–H groups in total. The molecule has 0 saturated carbocycles. The van der Waals surface area contributed by atoms with E-state index in [0.717, 1.165) is 6.54 Å². The molecule has 5 heteroatoms. The van der Waals surface area contributed by atoms with Gasteiger partial charge in [0.2, 0.25) is 5.76 Å². The van der Waals surface area contributed by atoms with E-state index in [1.807, 2.05) is 14.1 Å². The molecule has 1 heterocycles. The Labute approximate surface area is 108 Å². The molecule has 0 spiro atoms. The Morgan fingerprint density at radius 1 is 1.50 bits per heavy atom. The summed E-state index contributed by atoms with van der Waals surface area (Å²) in [5.41, 5.74) is 0.697. The van der Waals surface area contributed by atoms with Gasteiger partial charge in [0.15, 0.2) is 0 Å². The number of hydrogen-bond acceptors (Lipinski definition) is 4. The Balaban J connectivity index is 2.55. The molecule has 102 valence electrons. The molecule has 18 heavy (non-hydrogen) atoms. The van der Waals surface area contributed by atoms with Gasteiger partial charge >= 0.3 is 5.97 Å². The Bertz CT molecular complexity index is 422. The minimum Gasteiger partial charge on any atom is -0.475 e. The molecule has 0 bridgehead atoms. The van der Waals surface area contributed by atoms with Crippen LogP contribution in [0.1, 0.15) is 35.7 Å². The molecule has 0 atom stereocenters. The van der Waals surface area contributed by atoms with Crippen LogP contribution in [0, 0.1) is 6.92 Å². The van der Waals surface area contributed by atoms with Crippen LogP contribution >= 0.6 is 0 Å². The summed E-state index contributed by atoms with van der Waals surface area (Å²) >= 11 is 0. The Hall–Kier alpha value is -1.33. The van der Waals surface area contributed by atoms with E-state index in [-0.39, 0.29) is 11.3 Å². The van der Waals surface area contributed by atoms with Crippen LogP contribution < -0.4 is 5.32 Å². The van der Waals surface area contributed by atoms with E-state index in [9.17, 15) is 4.79 Å². The highest BCUT2D eigenvalue weighted by atomic mass is 16.4. The van der Waals surface area contributed by atoms with E-state index in [0.29, 0.717) is 17.9 Å². The molecule has 0 radical (unpaired) electrons. The molecule has 1 aromatic heterocycles. The van der Waals surface area contributed by atoms with Crippen LogP contribution in [0.25, 0.3) is 0 Å². The lowest BCUT2D eigenvalue weighted by molar-refractivity contribution is 0.0659. The lowest BCUT2D eigenvalue weighted by Gasteiger charge is -2.32. The van der Waals surface area contributed by atoms with E-state index >= 15 is 0 Å². The Kier molecular flexibility index (Phi) is 4.53. The number of carboxylic acids is 1. The minimum absolute atomic E-state index is 0.0265. The molecule has 1 rings (SSSR count). The summed E-state index contributed by atoms with van der Waals surface area (Å²) in [4.78, 5) is 13.0. The zero-order valence-electron chi connectivity index (χ0n) is 11.7. The molecule has 5 nitrogen and oxygen atoms in total. The van der Waals surface area contributed by atoms with E-state index < -0.39 is 5.97 Å². The Morgan fingerprint density at radius 3 is 2.56 bits per heavy atom. The highest BCUT2D eigenvalue weighted by Crippen LogP contribution is 2.15. The second-order valence-corrected chi connectivity index (χ2v) is 5.34. The van der Waals surface area contributed by atoms with Gasteiger partial charge in [-0.25, -0.2) is 4.79 Å². The third-order valence-corrected chi connectivity index (χ3v) is 3.23. The van der Waals surface area contributed by atoms with Gasteiger partial charge < -0.3 is 19.7 Å². The fourth-order valence-corrected chi connectivity index (χ4v) is 1.50. The van der Waals surface area contributed by atoms with Gasteiger partial charge in [0.05, 0.1) is 6.54 Å². The standard InChI is InChI=1S/C13H22N2O3/c1-9-6-10(18-11(9)12(16)17)7-14-8-13(2,3)15(4)5/h6,14H,7-8H2,1-5H3,(H,16,17). The molecule has 0 amide bonds. The monoisotopic (exact) mass is 254 g/mol. The topological polar surface area (TPSA) is 65.7 Å². The normalized spacial score (nSPS) is 12.1. The fraction of sp³-hybridized carbons (Fsp3) is 0.615. The second-order valence-electron chi connectivity index (χ2n) is 5.34. The number of aryl methyl sites for hydroxylation is 1. The maximum atomic E-state index is 10.8. The molecule has 0 fully saturated rings. The minimum atomic E-state index is -1.02. The number of furan rings is 1. The van der Waals surface area contributed by atoms with E-state index in [4.69, 9.17) is 9.52 Å². The van der Waals surface area contributed by atoms with Crippen molar-refractivity contribution in [3.63, 3.8) is 0 Å². The summed E-state index contributed by atoms with van der Waals surface area (Å²) in [5, 5.41) is 12.2. The van der Waals surface area contributed by atoms with Crippen molar-refractivity contribution >= 4 is 5.97 Å². The van der Waals surface area contributed by atoms with Gasteiger partial charge in [-0.05, 0) is 40.9 Å². The summed E-state index contributed by atoms with van der Waals surface area (Å²) < 4.78 is 5.28. The number of likely N-dealkylation sites (N-methyl/N-ethyl adjacent to an activating group) is 1. The predicted octanol–water partition coefficient (Wildman–Crippen LogP) is 1.72. The molecular weight excluding hydrogens is 232 g/mol. The molecule has 0 aliphatic rings. The van der Waals surface area contributed by atoms with E-state index in [2.05, 4.69) is 24.1 Å². The van der Waals surface area contributed by atoms with Crippen LogP contribution in [-0.2, 0) is 6.54 Å². The van der Waals surface area contributed by atoms with E-state index in [1.54, 1.807) is 13.0 Å². The van der Waals surface area contributed by atoms with Crippen molar-refractivity contribution in [3.05, 3.63) is 23.2 Å². The van der Waals surface area contributed by atoms with Crippen LogP contribution in [0.3, 0.4) is 0 Å². The smallest absolute Gasteiger partial charge is 0.372 e. The zero-order valence-corrected chi connectivity index (χ0v) is 11.7. The van der Waals surface area contributed by atoms with Gasteiger partial charge in [-0.15, -0.1) is 0 Å². The van der Waals surface area contributed by atoms with Crippen LogP contribution in [-0.4, -0.2) is 42.2 Å². The number of carboxylic acid groups (broad SMARTS) is 1. The average Bonchev–Trinajstić information content (AvgIpc) is 2.59. The summed E-state index contributed by atoms with van der Waals surface area (Å²) in [6.07, 6.45) is 0. The number of nitrogens with zero attached hydrogens (tertiary/aromatic N) is 1. The maximum absolute atomic E-state index is 10.8. The first-order valence-electron chi connectivity index (χ1n) is 5.95. The van der Waals surface area contributed by atoms with Crippen molar-refractivity contribution in [2.45, 2.75) is 32.9 Å². The van der Waals surface area contributed by atoms with Crippen LogP contribution in [0.15, 0.2) is 10.5 Å². The van der Waals surface area contributed by atoms with E-state index in [1.165, 1.54) is 0 Å². The van der Waals surface area contributed by atoms with Crippen molar-refractivity contribution in [1.29, 1.82) is 0 Å². The second kappa shape index (κ2) is 5.54. The van der Waals surface area contributed by atoms with Crippen molar-refractivity contribution in [1.82, 2.24) is 10.2 Å². The zero-order chi connectivity index (χ0) is 13.9. The maximum Gasteiger partial charge on any atom is 0.372 e. The Morgan fingerprint density at radius 2 is 2.11 bits per heavy atom. The quantitative estimate of drug-likeness (QED) is 0.809. The predicted molar refractivity (Wildman–Crippen MR) is 69.9 cm³/mol. The first kappa shape index (κ1) is 14.7. The molecule has 0 aliphatic heterocycles. The average molecular weight is 254 g/mol. The highest BCUT2D eigenvalue weighted by Gasteiger charge is 2.20. The number of rotatable bonds is 6. The van der Waals surface area contributed by atoms with Crippen LogP contribution in [0.2, 0.25) is 0 Å². The van der Waals surface area contributed by atoms with Crippen molar-refractivity contribution < 1.29 is 14.3 Å². The highest BCUT2D eigenvalue weighted by molar-refractivity contribution is 5.86. The summed E-state index contributed by atoms with van der Waals surface area (Å²) in [5.74, 6) is -0.342. The first-order valence-corrected chi connectivity index (χ1v) is 5.95. The first-order chi connectivity index (χ1) is 8.24. The molecule has 0 saturated heterocycles. The lowest BCUT2D eigenvalue weighted by Crippen LogP contribution is -2.46. The van der Waals surface area contributed by atoms with Crippen molar-refractivity contribution in [3.8, 4) is 0 Å². The van der Waals surface area contributed by atoms with Gasteiger partial charge in [-0.2, -0.15) is 0 Å². The number of nitrogens with one attached hydrogen (secondary N) is 1. The molecular formula is C13H22N2O3. The van der Waals surface area contributed by atoms with Crippen LogP contribution in [0.5, 0.6) is 0 Å².